The lowest BCUT2D eigenvalue weighted by Crippen LogP contribution is -2.50. The van der Waals surface area contributed by atoms with Gasteiger partial charge in [0.15, 0.2) is 5.96 Å². The fourth-order valence-electron chi connectivity index (χ4n) is 2.85. The number of piperidine rings is 1. The monoisotopic (exact) mass is 396 g/mol. The average Bonchev–Trinajstić information content (AvgIpc) is 2.68. The van der Waals surface area contributed by atoms with Crippen molar-refractivity contribution in [2.24, 2.45) is 4.99 Å². The molecule has 1 aromatic rings. The van der Waals surface area contributed by atoms with Crippen LogP contribution in [0.4, 0.5) is 9.18 Å². The van der Waals surface area contributed by atoms with E-state index in [0.29, 0.717) is 25.4 Å². The lowest BCUT2D eigenvalue weighted by atomic mass is 10.1. The number of nitrogens with zero attached hydrogens (tertiary/aromatic N) is 2. The molecule has 27 heavy (non-hydrogen) atoms. The van der Waals surface area contributed by atoms with Crippen molar-refractivity contribution in [3.8, 4) is 0 Å². The van der Waals surface area contributed by atoms with Crippen LogP contribution in [-0.4, -0.2) is 62.0 Å². The average molecular weight is 397 g/mol. The van der Waals surface area contributed by atoms with Gasteiger partial charge in [-0.2, -0.15) is 11.8 Å². The van der Waals surface area contributed by atoms with E-state index in [1.165, 1.54) is 6.07 Å². The third-order valence-corrected chi connectivity index (χ3v) is 5.35. The number of hydrogen-bond acceptors (Lipinski definition) is 4. The lowest BCUT2D eigenvalue weighted by molar-refractivity contribution is 0.0963. The summed E-state index contributed by atoms with van der Waals surface area (Å²) in [6.07, 6.45) is 1.49. The first-order valence-corrected chi connectivity index (χ1v) is 10.5. The number of amides is 1. The van der Waals surface area contributed by atoms with Crippen molar-refractivity contribution >= 4 is 23.8 Å². The minimum atomic E-state index is -0.231. The van der Waals surface area contributed by atoms with Crippen molar-refractivity contribution in [3.63, 3.8) is 0 Å². The molecule has 0 unspecified atom stereocenters. The number of halogens is 1. The maximum Gasteiger partial charge on any atom is 0.409 e. The number of guanidine groups is 1. The molecule has 0 aliphatic carbocycles. The molecule has 2 N–H and O–H groups in total. The molecular formula is C19H29FN4O2S. The van der Waals surface area contributed by atoms with Gasteiger partial charge in [0.25, 0.3) is 0 Å². The highest BCUT2D eigenvalue weighted by atomic mass is 32.2. The van der Waals surface area contributed by atoms with Crippen LogP contribution in [0, 0.1) is 5.82 Å². The summed E-state index contributed by atoms with van der Waals surface area (Å²) in [5.74, 6) is 2.13. The summed E-state index contributed by atoms with van der Waals surface area (Å²) in [6, 6.07) is 7.16. The summed E-state index contributed by atoms with van der Waals surface area (Å²) < 4.78 is 18.6. The van der Waals surface area contributed by atoms with Gasteiger partial charge in [-0.15, -0.1) is 0 Å². The van der Waals surface area contributed by atoms with E-state index in [0.717, 1.165) is 36.7 Å². The number of thioether (sulfide) groups is 1. The molecule has 1 aliphatic heterocycles. The molecule has 1 heterocycles. The molecule has 0 bridgehead atoms. The van der Waals surface area contributed by atoms with Gasteiger partial charge in [-0.05, 0) is 31.4 Å². The molecular weight excluding hydrogens is 367 g/mol. The summed E-state index contributed by atoms with van der Waals surface area (Å²) in [5, 5.41) is 6.70. The molecule has 0 spiro atoms. The molecule has 1 aromatic carbocycles. The zero-order valence-corrected chi connectivity index (χ0v) is 16.9. The van der Waals surface area contributed by atoms with E-state index < -0.39 is 0 Å². The van der Waals surface area contributed by atoms with Crippen molar-refractivity contribution in [3.05, 3.63) is 35.6 Å². The Bertz CT molecular complexity index is 621. The fraction of sp³-hybridized carbons (Fsp3) is 0.579. The summed E-state index contributed by atoms with van der Waals surface area (Å²) in [7, 11) is 1.75. The van der Waals surface area contributed by atoms with Gasteiger partial charge < -0.3 is 20.3 Å². The first-order chi connectivity index (χ1) is 13.1. The second kappa shape index (κ2) is 11.7. The second-order valence-corrected chi connectivity index (χ2v) is 7.35. The molecule has 150 valence electrons. The van der Waals surface area contributed by atoms with Gasteiger partial charge in [-0.3, -0.25) is 4.99 Å². The molecule has 0 saturated carbocycles. The van der Waals surface area contributed by atoms with E-state index in [1.807, 2.05) is 19.1 Å². The molecule has 0 radical (unpaired) electrons. The van der Waals surface area contributed by atoms with Crippen LogP contribution in [0.5, 0.6) is 0 Å². The largest absolute Gasteiger partial charge is 0.450 e. The predicted octanol–water partition coefficient (Wildman–Crippen LogP) is 2.84. The van der Waals surface area contributed by atoms with Crippen molar-refractivity contribution in [1.82, 2.24) is 15.5 Å². The van der Waals surface area contributed by atoms with E-state index in [2.05, 4.69) is 15.6 Å². The lowest BCUT2D eigenvalue weighted by Gasteiger charge is -2.32. The molecule has 1 aliphatic rings. The summed E-state index contributed by atoms with van der Waals surface area (Å²) in [5.41, 5.74) is 0.735. The molecule has 0 atom stereocenters. The van der Waals surface area contributed by atoms with Gasteiger partial charge in [0.1, 0.15) is 5.82 Å². The fourth-order valence-corrected chi connectivity index (χ4v) is 3.69. The molecule has 6 nitrogen and oxygen atoms in total. The first-order valence-electron chi connectivity index (χ1n) is 9.34. The highest BCUT2D eigenvalue weighted by Gasteiger charge is 2.23. The molecule has 1 fully saturated rings. The zero-order chi connectivity index (χ0) is 19.5. The Kier molecular flexibility index (Phi) is 9.24. The third kappa shape index (κ3) is 7.28. The number of ether oxygens (including phenoxy) is 1. The van der Waals surface area contributed by atoms with E-state index >= 15 is 0 Å². The molecule has 8 heteroatoms. The quantitative estimate of drug-likeness (QED) is 0.421. The highest BCUT2D eigenvalue weighted by Crippen LogP contribution is 2.15. The number of hydrogen-bond donors (Lipinski definition) is 2. The van der Waals surface area contributed by atoms with Crippen molar-refractivity contribution < 1.29 is 13.9 Å². The maximum atomic E-state index is 13.6. The van der Waals surface area contributed by atoms with Crippen LogP contribution in [0.3, 0.4) is 0 Å². The van der Waals surface area contributed by atoms with E-state index in [1.54, 1.807) is 29.8 Å². The van der Waals surface area contributed by atoms with Crippen LogP contribution in [-0.2, 0) is 10.5 Å². The van der Waals surface area contributed by atoms with Crippen LogP contribution < -0.4 is 10.6 Å². The molecule has 1 amide bonds. The van der Waals surface area contributed by atoms with Gasteiger partial charge >= 0.3 is 6.09 Å². The van der Waals surface area contributed by atoms with Crippen molar-refractivity contribution in [2.75, 3.05) is 39.0 Å². The van der Waals surface area contributed by atoms with E-state index in [4.69, 9.17) is 4.74 Å². The minimum Gasteiger partial charge on any atom is -0.450 e. The predicted molar refractivity (Wildman–Crippen MR) is 109 cm³/mol. The SMILES string of the molecule is CCOC(=O)N1CCC(NC(=NC)NCCSCc2ccccc2F)CC1. The van der Waals surface area contributed by atoms with Gasteiger partial charge in [-0.1, -0.05) is 18.2 Å². The Labute approximate surface area is 164 Å². The summed E-state index contributed by atoms with van der Waals surface area (Å²) in [4.78, 5) is 17.7. The number of carbonyl (C=O) groups is 1. The molecule has 2 rings (SSSR count). The Morgan fingerprint density at radius 2 is 2.11 bits per heavy atom. The molecule has 1 saturated heterocycles. The van der Waals surface area contributed by atoms with Crippen LogP contribution in [0.25, 0.3) is 0 Å². The Balaban J connectivity index is 1.62. The number of benzene rings is 1. The number of likely N-dealkylation sites (tertiary alicyclic amines) is 1. The number of aliphatic imine (C=N–C) groups is 1. The van der Waals surface area contributed by atoms with Gasteiger partial charge in [-0.25, -0.2) is 9.18 Å². The standard InChI is InChI=1S/C19H29FN4O2S/c1-3-26-19(25)24-11-8-16(9-12-24)23-18(21-2)22-10-13-27-14-15-6-4-5-7-17(15)20/h4-7,16H,3,8-14H2,1-2H3,(H2,21,22,23). The third-order valence-electron chi connectivity index (χ3n) is 4.34. The summed E-state index contributed by atoms with van der Waals surface area (Å²) >= 11 is 1.68. The second-order valence-electron chi connectivity index (χ2n) is 6.25. The normalized spacial score (nSPS) is 15.5. The van der Waals surface area contributed by atoms with E-state index in [9.17, 15) is 9.18 Å². The van der Waals surface area contributed by atoms with Crippen molar-refractivity contribution in [2.45, 2.75) is 31.6 Å². The highest BCUT2D eigenvalue weighted by molar-refractivity contribution is 7.98. The number of nitrogens with one attached hydrogen (secondary N) is 2. The Morgan fingerprint density at radius 1 is 1.37 bits per heavy atom. The molecule has 0 aromatic heterocycles. The maximum absolute atomic E-state index is 13.6. The zero-order valence-electron chi connectivity index (χ0n) is 16.0. The summed E-state index contributed by atoms with van der Waals surface area (Å²) in [6.45, 7) is 4.34. The van der Waals surface area contributed by atoms with E-state index in [-0.39, 0.29) is 18.0 Å². The minimum absolute atomic E-state index is 0.149. The van der Waals surface area contributed by atoms with Crippen molar-refractivity contribution in [1.29, 1.82) is 0 Å². The Morgan fingerprint density at radius 3 is 2.78 bits per heavy atom. The van der Waals surface area contributed by atoms with Crippen LogP contribution in [0.2, 0.25) is 0 Å². The van der Waals surface area contributed by atoms with Crippen LogP contribution >= 0.6 is 11.8 Å². The number of carbonyl (C=O) groups excluding carboxylic acids is 1. The Hall–Kier alpha value is -1.96. The van der Waals surface area contributed by atoms with Crippen LogP contribution in [0.15, 0.2) is 29.3 Å². The topological polar surface area (TPSA) is 66.0 Å². The number of rotatable bonds is 7. The van der Waals surface area contributed by atoms with Gasteiger partial charge in [0, 0.05) is 44.2 Å². The van der Waals surface area contributed by atoms with Gasteiger partial charge in [0.05, 0.1) is 6.61 Å². The van der Waals surface area contributed by atoms with Gasteiger partial charge in [0.2, 0.25) is 0 Å². The smallest absolute Gasteiger partial charge is 0.409 e. The van der Waals surface area contributed by atoms with Crippen LogP contribution in [0.1, 0.15) is 25.3 Å². The first kappa shape index (κ1) is 21.3.